The second kappa shape index (κ2) is 3.55. The Labute approximate surface area is 67.9 Å². The molecule has 0 radical (unpaired) electrons. The van der Waals surface area contributed by atoms with E-state index in [2.05, 4.69) is 0 Å². The molecule has 1 saturated heterocycles. The Bertz CT molecular complexity index is 115. The van der Waals surface area contributed by atoms with Crippen molar-refractivity contribution >= 4 is 0 Å². The lowest BCUT2D eigenvalue weighted by atomic mass is 9.97. The first-order chi connectivity index (χ1) is 5.45. The van der Waals surface area contributed by atoms with Crippen LogP contribution in [0.25, 0.3) is 0 Å². The summed E-state index contributed by atoms with van der Waals surface area (Å²) < 4.78 is 10.9. The highest BCUT2D eigenvalue weighted by molar-refractivity contribution is 4.71. The fraction of sp³-hybridized carbons (Fsp3) is 1.00. The Hall–Kier alpha value is -0.0800. The standard InChI is InChI=1S/C9H16O2/c1-2-4-8(5-3-1)11-9-6-10-7-9/h8-9H,1-7H2. The Kier molecular flexibility index (Phi) is 2.44. The van der Waals surface area contributed by atoms with E-state index in [1.54, 1.807) is 0 Å². The fourth-order valence-corrected chi connectivity index (χ4v) is 1.77. The number of hydrogen-bond acceptors (Lipinski definition) is 2. The number of ether oxygens (including phenoxy) is 2. The molecule has 2 rings (SSSR count). The van der Waals surface area contributed by atoms with E-state index in [9.17, 15) is 0 Å². The largest absolute Gasteiger partial charge is 0.376 e. The van der Waals surface area contributed by atoms with Gasteiger partial charge in [-0.15, -0.1) is 0 Å². The van der Waals surface area contributed by atoms with Crippen molar-refractivity contribution in [2.75, 3.05) is 13.2 Å². The average Bonchev–Trinajstić information content (AvgIpc) is 1.99. The van der Waals surface area contributed by atoms with Crippen molar-refractivity contribution in [2.45, 2.75) is 44.3 Å². The summed E-state index contributed by atoms with van der Waals surface area (Å²) in [7, 11) is 0. The van der Waals surface area contributed by atoms with E-state index in [1.807, 2.05) is 0 Å². The lowest BCUT2D eigenvalue weighted by Gasteiger charge is -2.32. The van der Waals surface area contributed by atoms with Crippen LogP contribution in [0.3, 0.4) is 0 Å². The SMILES string of the molecule is C1CCC(OC2COC2)CC1. The van der Waals surface area contributed by atoms with Crippen LogP contribution in [-0.2, 0) is 9.47 Å². The molecule has 0 amide bonds. The molecule has 0 spiro atoms. The van der Waals surface area contributed by atoms with Crippen LogP contribution in [-0.4, -0.2) is 25.4 Å². The van der Waals surface area contributed by atoms with Crippen LogP contribution in [0, 0.1) is 0 Å². The maximum Gasteiger partial charge on any atom is 0.104 e. The third kappa shape index (κ3) is 1.94. The van der Waals surface area contributed by atoms with Crippen molar-refractivity contribution in [3.05, 3.63) is 0 Å². The molecule has 1 aliphatic heterocycles. The van der Waals surface area contributed by atoms with Crippen molar-refractivity contribution in [1.82, 2.24) is 0 Å². The Morgan fingerprint density at radius 2 is 1.64 bits per heavy atom. The van der Waals surface area contributed by atoms with Gasteiger partial charge in [-0.1, -0.05) is 19.3 Å². The molecule has 0 bridgehead atoms. The van der Waals surface area contributed by atoms with Gasteiger partial charge in [0.15, 0.2) is 0 Å². The molecule has 64 valence electrons. The predicted molar refractivity (Wildman–Crippen MR) is 42.6 cm³/mol. The van der Waals surface area contributed by atoms with Gasteiger partial charge in [0, 0.05) is 0 Å². The molecule has 0 atom stereocenters. The Morgan fingerprint density at radius 1 is 0.909 bits per heavy atom. The first-order valence-corrected chi connectivity index (χ1v) is 4.68. The van der Waals surface area contributed by atoms with Gasteiger partial charge in [-0.3, -0.25) is 0 Å². The highest BCUT2D eigenvalue weighted by atomic mass is 16.6. The van der Waals surface area contributed by atoms with Gasteiger partial charge in [0.25, 0.3) is 0 Å². The molecule has 2 fully saturated rings. The number of hydrogen-bond donors (Lipinski definition) is 0. The number of rotatable bonds is 2. The molecule has 11 heavy (non-hydrogen) atoms. The van der Waals surface area contributed by atoms with E-state index in [-0.39, 0.29) is 0 Å². The van der Waals surface area contributed by atoms with Crippen molar-refractivity contribution in [2.24, 2.45) is 0 Å². The molecule has 0 aromatic carbocycles. The Balaban J connectivity index is 1.67. The van der Waals surface area contributed by atoms with Crippen molar-refractivity contribution in [3.63, 3.8) is 0 Å². The second-order valence-corrected chi connectivity index (χ2v) is 3.56. The molecule has 2 heteroatoms. The highest BCUT2D eigenvalue weighted by Gasteiger charge is 2.24. The van der Waals surface area contributed by atoms with Crippen LogP contribution in [0.2, 0.25) is 0 Å². The smallest absolute Gasteiger partial charge is 0.104 e. The van der Waals surface area contributed by atoms with Gasteiger partial charge in [0.1, 0.15) is 6.10 Å². The zero-order valence-electron chi connectivity index (χ0n) is 6.92. The van der Waals surface area contributed by atoms with E-state index in [1.165, 1.54) is 32.1 Å². The predicted octanol–water partition coefficient (Wildman–Crippen LogP) is 1.73. The van der Waals surface area contributed by atoms with Gasteiger partial charge in [-0.2, -0.15) is 0 Å². The highest BCUT2D eigenvalue weighted by Crippen LogP contribution is 2.22. The van der Waals surface area contributed by atoms with Crippen LogP contribution in [0.4, 0.5) is 0 Å². The van der Waals surface area contributed by atoms with Crippen LogP contribution in [0.15, 0.2) is 0 Å². The second-order valence-electron chi connectivity index (χ2n) is 3.56. The van der Waals surface area contributed by atoms with Gasteiger partial charge >= 0.3 is 0 Å². The molecular weight excluding hydrogens is 140 g/mol. The summed E-state index contributed by atoms with van der Waals surface area (Å²) in [6, 6.07) is 0. The summed E-state index contributed by atoms with van der Waals surface area (Å²) in [6.45, 7) is 1.66. The molecule has 2 nitrogen and oxygen atoms in total. The zero-order chi connectivity index (χ0) is 7.52. The summed E-state index contributed by atoms with van der Waals surface area (Å²) in [5, 5.41) is 0. The minimum absolute atomic E-state index is 0.429. The molecule has 0 N–H and O–H groups in total. The van der Waals surface area contributed by atoms with Gasteiger partial charge in [-0.25, -0.2) is 0 Å². The van der Waals surface area contributed by atoms with Gasteiger partial charge in [0.05, 0.1) is 19.3 Å². The minimum atomic E-state index is 0.429. The summed E-state index contributed by atoms with van der Waals surface area (Å²) in [4.78, 5) is 0. The topological polar surface area (TPSA) is 18.5 Å². The van der Waals surface area contributed by atoms with Crippen LogP contribution >= 0.6 is 0 Å². The van der Waals surface area contributed by atoms with Crippen LogP contribution in [0.1, 0.15) is 32.1 Å². The van der Waals surface area contributed by atoms with E-state index >= 15 is 0 Å². The molecule has 1 aliphatic carbocycles. The van der Waals surface area contributed by atoms with E-state index in [0.29, 0.717) is 12.2 Å². The maximum absolute atomic E-state index is 5.80. The Morgan fingerprint density at radius 3 is 2.18 bits per heavy atom. The van der Waals surface area contributed by atoms with Crippen LogP contribution < -0.4 is 0 Å². The van der Waals surface area contributed by atoms with E-state index < -0.39 is 0 Å². The lowest BCUT2D eigenvalue weighted by Crippen LogP contribution is -2.39. The summed E-state index contributed by atoms with van der Waals surface area (Å²) in [5.74, 6) is 0. The molecule has 1 heterocycles. The fourth-order valence-electron chi connectivity index (χ4n) is 1.77. The minimum Gasteiger partial charge on any atom is -0.376 e. The molecule has 1 saturated carbocycles. The molecule has 0 unspecified atom stereocenters. The third-order valence-corrected chi connectivity index (χ3v) is 2.54. The van der Waals surface area contributed by atoms with Gasteiger partial charge < -0.3 is 9.47 Å². The zero-order valence-corrected chi connectivity index (χ0v) is 6.92. The molecular formula is C9H16O2. The third-order valence-electron chi connectivity index (χ3n) is 2.54. The monoisotopic (exact) mass is 156 g/mol. The van der Waals surface area contributed by atoms with Gasteiger partial charge in [0.2, 0.25) is 0 Å². The normalized spacial score (nSPS) is 28.4. The first kappa shape index (κ1) is 7.56. The van der Waals surface area contributed by atoms with E-state index in [0.717, 1.165) is 13.2 Å². The molecule has 0 aromatic heterocycles. The van der Waals surface area contributed by atoms with Crippen LogP contribution in [0.5, 0.6) is 0 Å². The maximum atomic E-state index is 5.80. The summed E-state index contributed by atoms with van der Waals surface area (Å²) >= 11 is 0. The molecule has 2 aliphatic rings. The van der Waals surface area contributed by atoms with Crippen molar-refractivity contribution < 1.29 is 9.47 Å². The van der Waals surface area contributed by atoms with Crippen molar-refractivity contribution in [3.8, 4) is 0 Å². The average molecular weight is 156 g/mol. The quantitative estimate of drug-likeness (QED) is 0.606. The van der Waals surface area contributed by atoms with Gasteiger partial charge in [-0.05, 0) is 12.8 Å². The lowest BCUT2D eigenvalue weighted by molar-refractivity contribution is -0.159. The summed E-state index contributed by atoms with van der Waals surface area (Å²) in [5.41, 5.74) is 0. The molecule has 0 aromatic rings. The summed E-state index contributed by atoms with van der Waals surface area (Å²) in [6.07, 6.45) is 7.65. The first-order valence-electron chi connectivity index (χ1n) is 4.68. The van der Waals surface area contributed by atoms with E-state index in [4.69, 9.17) is 9.47 Å². The van der Waals surface area contributed by atoms with Crippen molar-refractivity contribution in [1.29, 1.82) is 0 Å².